The van der Waals surface area contributed by atoms with Gasteiger partial charge in [-0.3, -0.25) is 14.3 Å². The molecule has 0 aliphatic carbocycles. The van der Waals surface area contributed by atoms with Crippen molar-refractivity contribution in [1.82, 2.24) is 5.32 Å². The summed E-state index contributed by atoms with van der Waals surface area (Å²) < 4.78 is 32.6. The van der Waals surface area contributed by atoms with Gasteiger partial charge in [0.05, 0.1) is 23.6 Å². The molecule has 2 rings (SSSR count). The Bertz CT molecular complexity index is 1070. The SMILES string of the molecule is CCOC(=O)CCC(=O)NC(=S)Nc1ccc(S(=O)(=O)Nc2ccc(C)cc2C)cc1. The van der Waals surface area contributed by atoms with Gasteiger partial charge in [0.2, 0.25) is 5.91 Å². The van der Waals surface area contributed by atoms with Gasteiger partial charge in [0.25, 0.3) is 10.0 Å². The van der Waals surface area contributed by atoms with Crippen LogP contribution in [0.2, 0.25) is 0 Å². The first kappa shape index (κ1) is 24.3. The van der Waals surface area contributed by atoms with E-state index in [1.54, 1.807) is 13.0 Å². The number of sulfonamides is 1. The number of hydrogen-bond donors (Lipinski definition) is 3. The molecule has 1 amide bonds. The van der Waals surface area contributed by atoms with Crippen LogP contribution in [0.15, 0.2) is 47.4 Å². The normalized spacial score (nSPS) is 10.8. The van der Waals surface area contributed by atoms with Crippen LogP contribution >= 0.6 is 12.2 Å². The summed E-state index contributed by atoms with van der Waals surface area (Å²) in [6, 6.07) is 11.4. The molecule has 3 N–H and O–H groups in total. The fourth-order valence-corrected chi connectivity index (χ4v) is 4.01. The van der Waals surface area contributed by atoms with E-state index in [1.165, 1.54) is 24.3 Å². The first-order valence-electron chi connectivity index (χ1n) is 9.57. The lowest BCUT2D eigenvalue weighted by atomic mass is 10.1. The van der Waals surface area contributed by atoms with Crippen molar-refractivity contribution in [2.24, 2.45) is 0 Å². The standard InChI is InChI=1S/C21H25N3O5S2/c1-4-29-20(26)12-11-19(25)23-21(30)22-16-6-8-17(9-7-16)31(27,28)24-18-10-5-14(2)13-15(18)3/h5-10,13,24H,4,11-12H2,1-3H3,(H2,22,23,25,30). The van der Waals surface area contributed by atoms with Gasteiger partial charge in [0.1, 0.15) is 0 Å². The molecule has 10 heteroatoms. The molecule has 0 bridgehead atoms. The average Bonchev–Trinajstić information content (AvgIpc) is 2.69. The molecule has 0 spiro atoms. The van der Waals surface area contributed by atoms with Crippen LogP contribution in [0.5, 0.6) is 0 Å². The Balaban J connectivity index is 1.94. The number of carbonyl (C=O) groups excluding carboxylic acids is 2. The number of anilines is 2. The fraction of sp³-hybridized carbons (Fsp3) is 0.286. The van der Waals surface area contributed by atoms with E-state index in [4.69, 9.17) is 17.0 Å². The van der Waals surface area contributed by atoms with Crippen LogP contribution in [0.3, 0.4) is 0 Å². The Morgan fingerprint density at radius 3 is 2.32 bits per heavy atom. The summed E-state index contributed by atoms with van der Waals surface area (Å²) in [4.78, 5) is 23.2. The number of thiocarbonyl (C=S) groups is 1. The maximum absolute atomic E-state index is 12.6. The predicted molar refractivity (Wildman–Crippen MR) is 123 cm³/mol. The van der Waals surface area contributed by atoms with Crippen molar-refractivity contribution in [3.8, 4) is 0 Å². The molecule has 0 atom stereocenters. The largest absolute Gasteiger partial charge is 0.466 e. The minimum absolute atomic E-state index is 0.0394. The van der Waals surface area contributed by atoms with Crippen molar-refractivity contribution in [3.63, 3.8) is 0 Å². The first-order valence-corrected chi connectivity index (χ1v) is 11.5. The van der Waals surface area contributed by atoms with E-state index in [2.05, 4.69) is 15.4 Å². The van der Waals surface area contributed by atoms with E-state index in [1.807, 2.05) is 26.0 Å². The number of esters is 1. The average molecular weight is 464 g/mol. The van der Waals surface area contributed by atoms with Gasteiger partial charge in [-0.25, -0.2) is 8.42 Å². The number of benzene rings is 2. The highest BCUT2D eigenvalue weighted by Gasteiger charge is 2.15. The fourth-order valence-electron chi connectivity index (χ4n) is 2.65. The molecular formula is C21H25N3O5S2. The molecule has 0 radical (unpaired) electrons. The van der Waals surface area contributed by atoms with Crippen LogP contribution in [-0.4, -0.2) is 32.0 Å². The lowest BCUT2D eigenvalue weighted by Crippen LogP contribution is -2.34. The minimum atomic E-state index is -3.76. The van der Waals surface area contributed by atoms with E-state index in [0.717, 1.165) is 11.1 Å². The van der Waals surface area contributed by atoms with Gasteiger partial charge < -0.3 is 15.4 Å². The molecule has 0 aliphatic heterocycles. The molecule has 166 valence electrons. The van der Waals surface area contributed by atoms with Crippen LogP contribution in [-0.2, 0) is 24.3 Å². The van der Waals surface area contributed by atoms with Gasteiger partial charge in [0, 0.05) is 12.1 Å². The van der Waals surface area contributed by atoms with Gasteiger partial charge in [-0.2, -0.15) is 0 Å². The Labute approximate surface area is 187 Å². The van der Waals surface area contributed by atoms with Crippen LogP contribution in [0.1, 0.15) is 30.9 Å². The number of aryl methyl sites for hydroxylation is 2. The van der Waals surface area contributed by atoms with Crippen LogP contribution in [0, 0.1) is 13.8 Å². The Morgan fingerprint density at radius 2 is 1.71 bits per heavy atom. The van der Waals surface area contributed by atoms with Crippen molar-refractivity contribution >= 4 is 50.6 Å². The van der Waals surface area contributed by atoms with E-state index < -0.39 is 21.9 Å². The molecule has 2 aromatic rings. The summed E-state index contributed by atoms with van der Waals surface area (Å²) in [5, 5.41) is 5.29. The monoisotopic (exact) mass is 463 g/mol. The lowest BCUT2D eigenvalue weighted by Gasteiger charge is -2.12. The number of hydrogen-bond acceptors (Lipinski definition) is 6. The number of rotatable bonds is 8. The topological polar surface area (TPSA) is 114 Å². The predicted octanol–water partition coefficient (Wildman–Crippen LogP) is 3.26. The maximum atomic E-state index is 12.6. The summed E-state index contributed by atoms with van der Waals surface area (Å²) >= 11 is 5.07. The molecule has 8 nitrogen and oxygen atoms in total. The van der Waals surface area contributed by atoms with Gasteiger partial charge in [-0.05, 0) is 68.9 Å². The molecular weight excluding hydrogens is 438 g/mol. The van der Waals surface area contributed by atoms with Crippen molar-refractivity contribution in [1.29, 1.82) is 0 Å². The first-order chi connectivity index (χ1) is 14.6. The molecule has 0 heterocycles. The van der Waals surface area contributed by atoms with E-state index in [0.29, 0.717) is 11.4 Å². The van der Waals surface area contributed by atoms with Gasteiger partial charge in [0.15, 0.2) is 5.11 Å². The highest BCUT2D eigenvalue weighted by molar-refractivity contribution is 7.92. The summed E-state index contributed by atoms with van der Waals surface area (Å²) in [5.74, 6) is -0.884. The number of amides is 1. The summed E-state index contributed by atoms with van der Waals surface area (Å²) in [5.41, 5.74) is 2.88. The van der Waals surface area contributed by atoms with Crippen molar-refractivity contribution in [2.45, 2.75) is 38.5 Å². The summed E-state index contributed by atoms with van der Waals surface area (Å²) in [7, 11) is -3.76. The third kappa shape index (κ3) is 7.65. The second kappa shape index (κ2) is 10.9. The molecule has 0 saturated heterocycles. The van der Waals surface area contributed by atoms with Crippen molar-refractivity contribution in [2.75, 3.05) is 16.6 Å². The highest BCUT2D eigenvalue weighted by Crippen LogP contribution is 2.21. The van der Waals surface area contributed by atoms with Gasteiger partial charge >= 0.3 is 5.97 Å². The summed E-state index contributed by atoms with van der Waals surface area (Å²) in [6.45, 7) is 5.71. The Morgan fingerprint density at radius 1 is 1.03 bits per heavy atom. The Hall–Kier alpha value is -2.98. The molecule has 31 heavy (non-hydrogen) atoms. The smallest absolute Gasteiger partial charge is 0.306 e. The zero-order chi connectivity index (χ0) is 23.0. The highest BCUT2D eigenvalue weighted by atomic mass is 32.2. The number of ether oxygens (including phenoxy) is 1. The zero-order valence-electron chi connectivity index (χ0n) is 17.5. The molecule has 2 aromatic carbocycles. The summed E-state index contributed by atoms with van der Waals surface area (Å²) in [6.07, 6.45) is -0.0930. The maximum Gasteiger partial charge on any atom is 0.306 e. The van der Waals surface area contributed by atoms with Crippen molar-refractivity contribution in [3.05, 3.63) is 53.6 Å². The molecule has 0 fully saturated rings. The third-order valence-electron chi connectivity index (χ3n) is 4.16. The quantitative estimate of drug-likeness (QED) is 0.407. The van der Waals surface area contributed by atoms with Crippen LogP contribution < -0.4 is 15.4 Å². The van der Waals surface area contributed by atoms with E-state index >= 15 is 0 Å². The zero-order valence-corrected chi connectivity index (χ0v) is 19.2. The van der Waals surface area contributed by atoms with E-state index in [-0.39, 0.29) is 29.5 Å². The third-order valence-corrected chi connectivity index (χ3v) is 5.75. The minimum Gasteiger partial charge on any atom is -0.466 e. The van der Waals surface area contributed by atoms with E-state index in [9.17, 15) is 18.0 Å². The van der Waals surface area contributed by atoms with Gasteiger partial charge in [-0.1, -0.05) is 17.7 Å². The lowest BCUT2D eigenvalue weighted by molar-refractivity contribution is -0.144. The number of carbonyl (C=O) groups is 2. The Kier molecular flexibility index (Phi) is 8.52. The molecule has 0 unspecified atom stereocenters. The van der Waals surface area contributed by atoms with Gasteiger partial charge in [-0.15, -0.1) is 0 Å². The molecule has 0 aliphatic rings. The van der Waals surface area contributed by atoms with Crippen LogP contribution in [0.25, 0.3) is 0 Å². The second-order valence-electron chi connectivity index (χ2n) is 6.76. The van der Waals surface area contributed by atoms with Crippen LogP contribution in [0.4, 0.5) is 11.4 Å². The van der Waals surface area contributed by atoms with Crippen molar-refractivity contribution < 1.29 is 22.7 Å². The second-order valence-corrected chi connectivity index (χ2v) is 8.85. The number of nitrogens with one attached hydrogen (secondary N) is 3. The molecule has 0 saturated carbocycles. The molecule has 0 aromatic heterocycles.